The van der Waals surface area contributed by atoms with Gasteiger partial charge in [0.05, 0.1) is 16.8 Å². The van der Waals surface area contributed by atoms with Crippen LogP contribution in [0.1, 0.15) is 29.6 Å². The van der Waals surface area contributed by atoms with Gasteiger partial charge >= 0.3 is 0 Å². The average Bonchev–Trinajstić information content (AvgIpc) is 3.06. The Morgan fingerprint density at radius 1 is 1.04 bits per heavy atom. The maximum Gasteiger partial charge on any atom is 0.254 e. The fraction of sp³-hybridized carbons (Fsp3) is 0.318. The van der Waals surface area contributed by atoms with Gasteiger partial charge in [-0.2, -0.15) is 0 Å². The molecule has 3 aromatic rings. The molecule has 0 aliphatic carbocycles. The van der Waals surface area contributed by atoms with Gasteiger partial charge in [-0.05, 0) is 43.5 Å². The van der Waals surface area contributed by atoms with Crippen molar-refractivity contribution in [3.63, 3.8) is 0 Å². The predicted octanol–water partition coefficient (Wildman–Crippen LogP) is 3.26. The van der Waals surface area contributed by atoms with E-state index in [1.165, 1.54) is 6.42 Å². The molecule has 1 amide bonds. The van der Waals surface area contributed by atoms with Crippen molar-refractivity contribution in [3.8, 4) is 11.3 Å². The molecule has 0 spiro atoms. The van der Waals surface area contributed by atoms with Gasteiger partial charge in [-0.1, -0.05) is 18.2 Å². The molecule has 2 atom stereocenters. The van der Waals surface area contributed by atoms with Crippen LogP contribution in [0.15, 0.2) is 54.9 Å². The first-order valence-electron chi connectivity index (χ1n) is 9.63. The number of hydrogen-bond donors (Lipinski definition) is 1. The number of rotatable bonds is 2. The summed E-state index contributed by atoms with van der Waals surface area (Å²) in [5, 5.41) is 4.57. The van der Waals surface area contributed by atoms with Gasteiger partial charge < -0.3 is 10.2 Å². The van der Waals surface area contributed by atoms with Gasteiger partial charge in [-0.15, -0.1) is 0 Å². The molecule has 2 aliphatic rings. The quantitative estimate of drug-likeness (QED) is 0.764. The molecule has 2 bridgehead atoms. The fourth-order valence-electron chi connectivity index (χ4n) is 4.32. The van der Waals surface area contributed by atoms with Crippen LogP contribution in [0.25, 0.3) is 22.2 Å². The summed E-state index contributed by atoms with van der Waals surface area (Å²) in [5.41, 5.74) is 3.38. The molecule has 2 aliphatic heterocycles. The Morgan fingerprint density at radius 2 is 1.85 bits per heavy atom. The molecular weight excluding hydrogens is 336 g/mol. The van der Waals surface area contributed by atoms with Crippen LogP contribution in [0.4, 0.5) is 0 Å². The summed E-state index contributed by atoms with van der Waals surface area (Å²) in [6.07, 6.45) is 6.93. The maximum atomic E-state index is 13.5. The monoisotopic (exact) mass is 358 g/mol. The topological polar surface area (TPSA) is 58.1 Å². The molecule has 5 rings (SSSR count). The van der Waals surface area contributed by atoms with Crippen molar-refractivity contribution in [2.75, 3.05) is 13.1 Å². The molecule has 2 aromatic heterocycles. The van der Waals surface area contributed by atoms with E-state index in [0.717, 1.165) is 53.7 Å². The van der Waals surface area contributed by atoms with Gasteiger partial charge in [-0.25, -0.2) is 4.98 Å². The summed E-state index contributed by atoms with van der Waals surface area (Å²) in [4.78, 5) is 24.4. The lowest BCUT2D eigenvalue weighted by Gasteiger charge is -2.25. The second-order valence-corrected chi connectivity index (χ2v) is 7.49. The summed E-state index contributed by atoms with van der Waals surface area (Å²) in [6.45, 7) is 1.60. The minimum absolute atomic E-state index is 0.109. The van der Waals surface area contributed by atoms with E-state index in [1.54, 1.807) is 12.4 Å². The summed E-state index contributed by atoms with van der Waals surface area (Å²) >= 11 is 0. The van der Waals surface area contributed by atoms with Crippen LogP contribution in [0.5, 0.6) is 0 Å². The zero-order valence-corrected chi connectivity index (χ0v) is 15.1. The number of aromatic nitrogens is 2. The van der Waals surface area contributed by atoms with Crippen LogP contribution in [0, 0.1) is 0 Å². The van der Waals surface area contributed by atoms with Crippen LogP contribution >= 0.6 is 0 Å². The van der Waals surface area contributed by atoms with Gasteiger partial charge in [0.25, 0.3) is 5.91 Å². The van der Waals surface area contributed by atoms with Crippen molar-refractivity contribution < 1.29 is 4.79 Å². The molecular formula is C22H22N4O. The summed E-state index contributed by atoms with van der Waals surface area (Å²) in [6, 6.07) is 14.7. The van der Waals surface area contributed by atoms with Crippen LogP contribution in [-0.4, -0.2) is 45.9 Å². The van der Waals surface area contributed by atoms with Crippen molar-refractivity contribution in [1.82, 2.24) is 20.2 Å². The van der Waals surface area contributed by atoms with E-state index in [9.17, 15) is 4.79 Å². The van der Waals surface area contributed by atoms with Crippen LogP contribution < -0.4 is 5.32 Å². The molecule has 2 fully saturated rings. The second kappa shape index (κ2) is 6.74. The third-order valence-corrected chi connectivity index (χ3v) is 5.73. The van der Waals surface area contributed by atoms with Crippen molar-refractivity contribution >= 4 is 16.8 Å². The highest BCUT2D eigenvalue weighted by atomic mass is 16.2. The third kappa shape index (κ3) is 3.08. The first-order chi connectivity index (χ1) is 13.3. The van der Waals surface area contributed by atoms with Gasteiger partial charge in [0.2, 0.25) is 0 Å². The molecule has 1 aromatic carbocycles. The highest BCUT2D eigenvalue weighted by Crippen LogP contribution is 2.27. The van der Waals surface area contributed by atoms with E-state index >= 15 is 0 Å². The molecule has 2 saturated heterocycles. The van der Waals surface area contributed by atoms with E-state index in [2.05, 4.69) is 10.3 Å². The molecule has 136 valence electrons. The number of benzene rings is 1. The number of carbonyl (C=O) groups excluding carboxylic acids is 1. The number of amides is 1. The first-order valence-corrected chi connectivity index (χ1v) is 9.63. The van der Waals surface area contributed by atoms with Crippen LogP contribution in [0.3, 0.4) is 0 Å². The van der Waals surface area contributed by atoms with Crippen molar-refractivity contribution in [1.29, 1.82) is 0 Å². The Hall–Kier alpha value is -2.79. The van der Waals surface area contributed by atoms with E-state index in [4.69, 9.17) is 4.98 Å². The van der Waals surface area contributed by atoms with Crippen LogP contribution in [-0.2, 0) is 0 Å². The zero-order valence-electron chi connectivity index (χ0n) is 15.1. The third-order valence-electron chi connectivity index (χ3n) is 5.73. The first kappa shape index (κ1) is 16.4. The van der Waals surface area contributed by atoms with E-state index < -0.39 is 0 Å². The standard InChI is InChI=1S/C22H22N4O/c27-22(26-12-9-16-5-6-17(14-26)24-16)19-13-21(15-7-10-23-11-8-15)25-20-4-2-1-3-18(19)20/h1-4,7-8,10-11,13,16-17,24H,5-6,9,12,14H2. The minimum Gasteiger partial charge on any atom is -0.337 e. The van der Waals surface area contributed by atoms with Crippen molar-refractivity contribution in [3.05, 3.63) is 60.4 Å². The molecule has 2 unspecified atom stereocenters. The predicted molar refractivity (Wildman–Crippen MR) is 105 cm³/mol. The Bertz CT molecular complexity index is 988. The van der Waals surface area contributed by atoms with E-state index in [1.807, 2.05) is 47.4 Å². The molecule has 1 N–H and O–H groups in total. The molecule has 0 radical (unpaired) electrons. The summed E-state index contributed by atoms with van der Waals surface area (Å²) in [5.74, 6) is 0.109. The Morgan fingerprint density at radius 3 is 2.74 bits per heavy atom. The van der Waals surface area contributed by atoms with E-state index in [0.29, 0.717) is 12.1 Å². The van der Waals surface area contributed by atoms with Gasteiger partial charge in [0.15, 0.2) is 0 Å². The summed E-state index contributed by atoms with van der Waals surface area (Å²) in [7, 11) is 0. The summed E-state index contributed by atoms with van der Waals surface area (Å²) < 4.78 is 0. The largest absolute Gasteiger partial charge is 0.337 e. The smallest absolute Gasteiger partial charge is 0.254 e. The highest BCUT2D eigenvalue weighted by molar-refractivity contribution is 6.07. The number of likely N-dealkylation sites (tertiary alicyclic amines) is 1. The zero-order chi connectivity index (χ0) is 18.2. The lowest BCUT2D eigenvalue weighted by molar-refractivity contribution is 0.0750. The number of hydrogen-bond acceptors (Lipinski definition) is 4. The Kier molecular flexibility index (Phi) is 4.09. The average molecular weight is 358 g/mol. The number of pyridine rings is 2. The minimum atomic E-state index is 0.109. The van der Waals surface area contributed by atoms with Gasteiger partial charge in [-0.3, -0.25) is 9.78 Å². The van der Waals surface area contributed by atoms with Gasteiger partial charge in [0.1, 0.15) is 0 Å². The Balaban J connectivity index is 1.58. The SMILES string of the molecule is O=C(c1cc(-c2ccncc2)nc2ccccc12)N1CCC2CCC(C1)N2. The Labute approximate surface area is 158 Å². The number of nitrogens with zero attached hydrogens (tertiary/aromatic N) is 3. The molecule has 27 heavy (non-hydrogen) atoms. The van der Waals surface area contributed by atoms with Gasteiger partial charge in [0, 0.05) is 48.5 Å². The molecule has 5 heteroatoms. The normalized spacial score (nSPS) is 22.0. The number of para-hydroxylation sites is 1. The van der Waals surface area contributed by atoms with Crippen molar-refractivity contribution in [2.24, 2.45) is 0 Å². The molecule has 4 heterocycles. The number of nitrogens with one attached hydrogen (secondary N) is 1. The number of carbonyl (C=O) groups is 1. The fourth-order valence-corrected chi connectivity index (χ4v) is 4.32. The lowest BCUT2D eigenvalue weighted by Crippen LogP contribution is -2.39. The highest BCUT2D eigenvalue weighted by Gasteiger charge is 2.32. The lowest BCUT2D eigenvalue weighted by atomic mass is 10.0. The van der Waals surface area contributed by atoms with E-state index in [-0.39, 0.29) is 5.91 Å². The maximum absolute atomic E-state index is 13.5. The number of fused-ring (bicyclic) bond motifs is 3. The molecule has 5 nitrogen and oxygen atoms in total. The second-order valence-electron chi connectivity index (χ2n) is 7.49. The van der Waals surface area contributed by atoms with Crippen molar-refractivity contribution in [2.45, 2.75) is 31.3 Å². The van der Waals surface area contributed by atoms with Crippen LogP contribution in [0.2, 0.25) is 0 Å². The molecule has 0 saturated carbocycles.